The second-order valence-corrected chi connectivity index (χ2v) is 6.22. The summed E-state index contributed by atoms with van der Waals surface area (Å²) in [4.78, 5) is 0. The molecule has 0 bridgehead atoms. The minimum atomic E-state index is -1.06. The highest BCUT2D eigenvalue weighted by Crippen LogP contribution is 2.17. The maximum Gasteiger partial charge on any atom is 0.136 e. The first kappa shape index (κ1) is 11.6. The number of hydrogen-bond acceptors (Lipinski definition) is 3. The van der Waals surface area contributed by atoms with Crippen LogP contribution in [0, 0.1) is 0 Å². The van der Waals surface area contributed by atoms with Crippen LogP contribution in [0.1, 0.15) is 39.4 Å². The van der Waals surface area contributed by atoms with E-state index in [2.05, 4.69) is 14.9 Å². The fraction of sp³-hybridized carbons (Fsp3) is 0.667. The van der Waals surface area contributed by atoms with Crippen molar-refractivity contribution in [2.24, 2.45) is 0 Å². The fourth-order valence-corrected chi connectivity index (χ4v) is 1.71. The number of aromatic nitrogens is 2. The second kappa shape index (κ2) is 4.33. The molecule has 1 aromatic rings. The molecule has 1 aromatic heterocycles. The molecule has 80 valence electrons. The minimum Gasteiger partial charge on any atom is -0.598 e. The zero-order valence-electron chi connectivity index (χ0n) is 9.00. The Hall–Kier alpha value is -0.520. The van der Waals surface area contributed by atoms with Crippen molar-refractivity contribution >= 4 is 11.4 Å². The van der Waals surface area contributed by atoms with Gasteiger partial charge in [0, 0.05) is 17.6 Å². The molecule has 2 N–H and O–H groups in total. The number of H-pyrrole nitrogens is 1. The average Bonchev–Trinajstić information content (AvgIpc) is 2.53. The molecule has 0 radical (unpaired) electrons. The third-order valence-electron chi connectivity index (χ3n) is 1.81. The van der Waals surface area contributed by atoms with Crippen LogP contribution in [0.4, 0.5) is 0 Å². The molecule has 0 spiro atoms. The molecule has 2 atom stereocenters. The quantitative estimate of drug-likeness (QED) is 0.751. The normalized spacial score (nSPS) is 16.6. The number of aromatic amines is 1. The highest BCUT2D eigenvalue weighted by molar-refractivity contribution is 7.90. The molecule has 0 aromatic carbocycles. The Balaban J connectivity index is 2.53. The van der Waals surface area contributed by atoms with Gasteiger partial charge in [-0.05, 0) is 33.8 Å². The van der Waals surface area contributed by atoms with Gasteiger partial charge < -0.3 is 4.55 Å². The van der Waals surface area contributed by atoms with E-state index in [4.69, 9.17) is 0 Å². The van der Waals surface area contributed by atoms with E-state index in [-0.39, 0.29) is 10.8 Å². The summed E-state index contributed by atoms with van der Waals surface area (Å²) in [6.45, 7) is 7.76. The molecule has 1 heterocycles. The van der Waals surface area contributed by atoms with Crippen molar-refractivity contribution in [2.45, 2.75) is 38.5 Å². The van der Waals surface area contributed by atoms with Gasteiger partial charge >= 0.3 is 0 Å². The summed E-state index contributed by atoms with van der Waals surface area (Å²) >= 11 is -1.06. The smallest absolute Gasteiger partial charge is 0.136 e. The maximum atomic E-state index is 11.7. The van der Waals surface area contributed by atoms with Crippen molar-refractivity contribution in [3.63, 3.8) is 0 Å². The lowest BCUT2D eigenvalue weighted by Gasteiger charge is -2.25. The molecule has 4 nitrogen and oxygen atoms in total. The highest BCUT2D eigenvalue weighted by atomic mass is 32.2. The Labute approximate surface area is 87.8 Å². The van der Waals surface area contributed by atoms with Crippen LogP contribution in [0.3, 0.4) is 0 Å². The Morgan fingerprint density at radius 1 is 1.57 bits per heavy atom. The van der Waals surface area contributed by atoms with Crippen molar-refractivity contribution < 1.29 is 4.55 Å². The predicted octanol–water partition coefficient (Wildman–Crippen LogP) is 1.52. The topological polar surface area (TPSA) is 63.8 Å². The first-order valence-corrected chi connectivity index (χ1v) is 5.74. The summed E-state index contributed by atoms with van der Waals surface area (Å²) in [6.07, 6.45) is 1.76. The molecule has 14 heavy (non-hydrogen) atoms. The lowest BCUT2D eigenvalue weighted by Crippen LogP contribution is -2.40. The first-order valence-electron chi connectivity index (χ1n) is 4.59. The van der Waals surface area contributed by atoms with Gasteiger partial charge in [-0.2, -0.15) is 5.10 Å². The molecule has 1 rings (SSSR count). The molecule has 5 heteroatoms. The number of nitrogens with one attached hydrogen (secondary N) is 2. The van der Waals surface area contributed by atoms with Gasteiger partial charge in [0.2, 0.25) is 0 Å². The van der Waals surface area contributed by atoms with Crippen LogP contribution in [-0.2, 0) is 11.4 Å². The lowest BCUT2D eigenvalue weighted by atomic mass is 10.3. The van der Waals surface area contributed by atoms with E-state index in [1.165, 1.54) is 0 Å². The first-order chi connectivity index (χ1) is 6.41. The Morgan fingerprint density at radius 2 is 2.21 bits per heavy atom. The van der Waals surface area contributed by atoms with Crippen LogP contribution in [0.25, 0.3) is 0 Å². The molecule has 0 fully saturated rings. The van der Waals surface area contributed by atoms with Gasteiger partial charge in [0.15, 0.2) is 0 Å². The predicted molar refractivity (Wildman–Crippen MR) is 58.0 cm³/mol. The van der Waals surface area contributed by atoms with Crippen LogP contribution >= 0.6 is 0 Å². The van der Waals surface area contributed by atoms with Crippen LogP contribution in [-0.4, -0.2) is 19.5 Å². The second-order valence-electron chi connectivity index (χ2n) is 4.22. The van der Waals surface area contributed by atoms with Crippen LogP contribution in [0.2, 0.25) is 0 Å². The van der Waals surface area contributed by atoms with E-state index in [1.54, 1.807) is 6.20 Å². The third kappa shape index (κ3) is 3.01. The zero-order valence-corrected chi connectivity index (χ0v) is 9.81. The summed E-state index contributed by atoms with van der Waals surface area (Å²) in [5.41, 5.74) is 0.877. The van der Waals surface area contributed by atoms with Gasteiger partial charge in [0.25, 0.3) is 0 Å². The van der Waals surface area contributed by atoms with Gasteiger partial charge in [-0.3, -0.25) is 5.10 Å². The van der Waals surface area contributed by atoms with Gasteiger partial charge in [-0.25, -0.2) is 0 Å². The standard InChI is InChI=1S/C9H17N3OS/c1-7(8-5-6-10-11-8)12-14(13)9(2,3)4/h5-7,12H,1-4H3,(H,10,11). The number of rotatable bonds is 3. The van der Waals surface area contributed by atoms with Gasteiger partial charge in [0.05, 0.1) is 11.7 Å². The van der Waals surface area contributed by atoms with Crippen LogP contribution in [0.15, 0.2) is 12.3 Å². The van der Waals surface area contributed by atoms with Crippen molar-refractivity contribution in [1.82, 2.24) is 14.9 Å². The molecule has 0 aliphatic rings. The number of nitrogens with zero attached hydrogens (tertiary/aromatic N) is 1. The Morgan fingerprint density at radius 3 is 2.64 bits per heavy atom. The summed E-state index contributed by atoms with van der Waals surface area (Å²) < 4.78 is 14.5. The highest BCUT2D eigenvalue weighted by Gasteiger charge is 2.28. The van der Waals surface area contributed by atoms with Gasteiger partial charge in [-0.1, -0.05) is 0 Å². The monoisotopic (exact) mass is 215 g/mol. The summed E-state index contributed by atoms with van der Waals surface area (Å²) in [5, 5.41) is 6.76. The molecule has 0 amide bonds. The third-order valence-corrected chi connectivity index (χ3v) is 3.49. The Bertz CT molecular complexity index is 268. The van der Waals surface area contributed by atoms with Gasteiger partial charge in [0.1, 0.15) is 4.75 Å². The fourth-order valence-electron chi connectivity index (χ4n) is 0.911. The van der Waals surface area contributed by atoms with E-state index in [0.717, 1.165) is 5.69 Å². The van der Waals surface area contributed by atoms with E-state index < -0.39 is 11.4 Å². The van der Waals surface area contributed by atoms with Crippen molar-refractivity contribution in [3.05, 3.63) is 18.0 Å². The zero-order chi connectivity index (χ0) is 10.8. The minimum absolute atomic E-state index is 0.00121. The maximum absolute atomic E-state index is 11.7. The van der Waals surface area contributed by atoms with Crippen molar-refractivity contribution in [1.29, 1.82) is 0 Å². The molecular weight excluding hydrogens is 198 g/mol. The summed E-state index contributed by atoms with van der Waals surface area (Å²) in [6, 6.07) is 1.87. The van der Waals surface area contributed by atoms with Crippen molar-refractivity contribution in [3.8, 4) is 0 Å². The molecule has 0 saturated heterocycles. The lowest BCUT2D eigenvalue weighted by molar-refractivity contribution is 0.529. The number of hydrogen-bond donors (Lipinski definition) is 2. The van der Waals surface area contributed by atoms with E-state index in [9.17, 15) is 4.55 Å². The Kier molecular flexibility index (Phi) is 3.58. The van der Waals surface area contributed by atoms with Crippen LogP contribution in [0.5, 0.6) is 0 Å². The van der Waals surface area contributed by atoms with Crippen LogP contribution < -0.4 is 4.72 Å². The molecular formula is C9H17N3OS. The SMILES string of the molecule is CC(N[S+]([O-])C(C)(C)C)c1cc[nH]n1. The van der Waals surface area contributed by atoms with E-state index in [1.807, 2.05) is 33.8 Å². The van der Waals surface area contributed by atoms with E-state index in [0.29, 0.717) is 0 Å². The average molecular weight is 215 g/mol. The van der Waals surface area contributed by atoms with Crippen molar-refractivity contribution in [2.75, 3.05) is 0 Å². The van der Waals surface area contributed by atoms with E-state index >= 15 is 0 Å². The molecule has 0 saturated carbocycles. The molecule has 2 unspecified atom stereocenters. The summed E-state index contributed by atoms with van der Waals surface area (Å²) in [5.74, 6) is 0. The van der Waals surface area contributed by atoms with Gasteiger partial charge in [-0.15, -0.1) is 4.72 Å². The molecule has 0 aliphatic carbocycles. The summed E-state index contributed by atoms with van der Waals surface area (Å²) in [7, 11) is 0. The largest absolute Gasteiger partial charge is 0.598 e. The molecule has 0 aliphatic heterocycles.